The van der Waals surface area contributed by atoms with Gasteiger partial charge in [-0.3, -0.25) is 4.79 Å². The fourth-order valence-corrected chi connectivity index (χ4v) is 1.48. The molecule has 1 aromatic carbocycles. The van der Waals surface area contributed by atoms with Crippen LogP contribution < -0.4 is 0 Å². The third-order valence-electron chi connectivity index (χ3n) is 1.92. The molecule has 0 aliphatic heterocycles. The topological polar surface area (TPSA) is 40.9 Å². The Balaban J connectivity index is 2.85. The van der Waals surface area contributed by atoms with Gasteiger partial charge in [-0.2, -0.15) is 5.26 Å². The van der Waals surface area contributed by atoms with Crippen molar-refractivity contribution in [2.24, 2.45) is 0 Å². The highest BCUT2D eigenvalue weighted by Gasteiger charge is 2.12. The second-order valence-corrected chi connectivity index (χ2v) is 4.06. The van der Waals surface area contributed by atoms with Gasteiger partial charge in [-0.05, 0) is 24.6 Å². The summed E-state index contributed by atoms with van der Waals surface area (Å²) in [5.74, 6) is -0.278. The van der Waals surface area contributed by atoms with Crippen LogP contribution in [0.4, 0.5) is 0 Å². The fourth-order valence-electron chi connectivity index (χ4n) is 1.22. The van der Waals surface area contributed by atoms with Crippen molar-refractivity contribution in [3.8, 4) is 6.07 Å². The number of nitrogens with zero attached hydrogens (tertiary/aromatic N) is 1. The smallest absolute Gasteiger partial charge is 0.131 e. The Morgan fingerprint density at radius 3 is 2.50 bits per heavy atom. The van der Waals surface area contributed by atoms with E-state index in [0.717, 1.165) is 10.0 Å². The van der Waals surface area contributed by atoms with E-state index in [1.165, 1.54) is 6.92 Å². The lowest BCUT2D eigenvalue weighted by Crippen LogP contribution is -2.01. The lowest BCUT2D eigenvalue weighted by Gasteiger charge is -2.06. The third-order valence-corrected chi connectivity index (χ3v) is 2.45. The van der Waals surface area contributed by atoms with Crippen LogP contribution in [0.3, 0.4) is 0 Å². The number of halogens is 1. The first-order valence-electron chi connectivity index (χ1n) is 4.28. The van der Waals surface area contributed by atoms with Crippen molar-refractivity contribution in [3.63, 3.8) is 0 Å². The summed E-state index contributed by atoms with van der Waals surface area (Å²) in [6.45, 7) is 1.50. The number of hydrogen-bond donors (Lipinski definition) is 0. The molecule has 3 heteroatoms. The third kappa shape index (κ3) is 2.97. The van der Waals surface area contributed by atoms with E-state index in [0.29, 0.717) is 0 Å². The number of carbonyl (C=O) groups is 1. The molecule has 0 aromatic heterocycles. The van der Waals surface area contributed by atoms with Crippen molar-refractivity contribution in [3.05, 3.63) is 34.3 Å². The zero-order valence-electron chi connectivity index (χ0n) is 7.83. The predicted molar refractivity (Wildman–Crippen MR) is 57.8 cm³/mol. The van der Waals surface area contributed by atoms with E-state index < -0.39 is 0 Å². The first kappa shape index (κ1) is 10.9. The quantitative estimate of drug-likeness (QED) is 0.829. The number of rotatable bonds is 3. The Hall–Kier alpha value is -1.14. The lowest BCUT2D eigenvalue weighted by atomic mass is 9.96. The Kier molecular flexibility index (Phi) is 3.84. The first-order chi connectivity index (χ1) is 6.63. The van der Waals surface area contributed by atoms with E-state index >= 15 is 0 Å². The normalized spacial score (nSPS) is 11.8. The van der Waals surface area contributed by atoms with Gasteiger partial charge in [0.15, 0.2) is 0 Å². The zero-order valence-corrected chi connectivity index (χ0v) is 9.41. The molecule has 1 atom stereocenters. The summed E-state index contributed by atoms with van der Waals surface area (Å²) in [5.41, 5.74) is 0.894. The summed E-state index contributed by atoms with van der Waals surface area (Å²) in [7, 11) is 0. The van der Waals surface area contributed by atoms with Gasteiger partial charge in [-0.15, -0.1) is 0 Å². The molecule has 1 unspecified atom stereocenters. The van der Waals surface area contributed by atoms with Gasteiger partial charge < -0.3 is 0 Å². The predicted octanol–water partition coefficient (Wildman–Crippen LogP) is 3.04. The Labute approximate surface area is 91.7 Å². The van der Waals surface area contributed by atoms with Crippen LogP contribution >= 0.6 is 15.9 Å². The van der Waals surface area contributed by atoms with Crippen LogP contribution in [0.5, 0.6) is 0 Å². The van der Waals surface area contributed by atoms with Crippen molar-refractivity contribution in [1.82, 2.24) is 0 Å². The van der Waals surface area contributed by atoms with Gasteiger partial charge in [-0.25, -0.2) is 0 Å². The summed E-state index contributed by atoms with van der Waals surface area (Å²) in [5, 5.41) is 8.88. The van der Waals surface area contributed by atoms with E-state index in [4.69, 9.17) is 5.26 Å². The summed E-state index contributed by atoms with van der Waals surface area (Å²) in [4.78, 5) is 10.9. The van der Waals surface area contributed by atoms with Crippen molar-refractivity contribution in [1.29, 1.82) is 5.26 Å². The number of hydrogen-bond acceptors (Lipinski definition) is 2. The van der Waals surface area contributed by atoms with Crippen molar-refractivity contribution in [2.75, 3.05) is 0 Å². The molecule has 1 rings (SSSR count). The fraction of sp³-hybridized carbons (Fsp3) is 0.273. The molecule has 0 saturated carbocycles. The molecule has 72 valence electrons. The molecule has 0 N–H and O–H groups in total. The van der Waals surface area contributed by atoms with Gasteiger partial charge in [0, 0.05) is 10.9 Å². The molecule has 0 aliphatic rings. The molecule has 2 nitrogen and oxygen atoms in total. The monoisotopic (exact) mass is 251 g/mol. The van der Waals surface area contributed by atoms with Crippen LogP contribution in [0.2, 0.25) is 0 Å². The summed E-state index contributed by atoms with van der Waals surface area (Å²) >= 11 is 3.32. The number of carbonyl (C=O) groups excluding carboxylic acids is 1. The standard InChI is InChI=1S/C11H10BrNO/c1-8(14)6-10(7-13)9-2-4-11(12)5-3-9/h2-5,10H,6H2,1H3. The van der Waals surface area contributed by atoms with E-state index in [-0.39, 0.29) is 18.1 Å². The van der Waals surface area contributed by atoms with Crippen LogP contribution in [0, 0.1) is 11.3 Å². The zero-order chi connectivity index (χ0) is 10.6. The Morgan fingerprint density at radius 1 is 1.50 bits per heavy atom. The highest BCUT2D eigenvalue weighted by atomic mass is 79.9. The molecule has 0 saturated heterocycles. The highest BCUT2D eigenvalue weighted by molar-refractivity contribution is 9.10. The van der Waals surface area contributed by atoms with Crippen molar-refractivity contribution < 1.29 is 4.79 Å². The molecule has 0 aliphatic carbocycles. The molecule has 1 aromatic rings. The number of nitriles is 1. The summed E-state index contributed by atoms with van der Waals surface area (Å²) in [6.07, 6.45) is 0.290. The van der Waals surface area contributed by atoms with Gasteiger partial charge in [0.2, 0.25) is 0 Å². The van der Waals surface area contributed by atoms with Crippen LogP contribution in [0.25, 0.3) is 0 Å². The molecule has 0 fully saturated rings. The van der Waals surface area contributed by atoms with Gasteiger partial charge in [-0.1, -0.05) is 28.1 Å². The number of benzene rings is 1. The first-order valence-corrected chi connectivity index (χ1v) is 5.07. The molecule has 0 bridgehead atoms. The van der Waals surface area contributed by atoms with Crippen LogP contribution in [-0.4, -0.2) is 5.78 Å². The van der Waals surface area contributed by atoms with Crippen molar-refractivity contribution >= 4 is 21.7 Å². The Bertz CT molecular complexity index is 364. The molecular formula is C11H10BrNO. The summed E-state index contributed by atoms with van der Waals surface area (Å²) < 4.78 is 0.973. The average molecular weight is 252 g/mol. The van der Waals surface area contributed by atoms with Gasteiger partial charge in [0.05, 0.1) is 12.0 Å². The largest absolute Gasteiger partial charge is 0.300 e. The maximum absolute atomic E-state index is 10.9. The second kappa shape index (κ2) is 4.92. The molecule has 0 spiro atoms. The maximum Gasteiger partial charge on any atom is 0.131 e. The minimum absolute atomic E-state index is 0.0412. The van der Waals surface area contributed by atoms with Gasteiger partial charge in [0.25, 0.3) is 0 Å². The van der Waals surface area contributed by atoms with E-state index in [1.807, 2.05) is 24.3 Å². The second-order valence-electron chi connectivity index (χ2n) is 3.14. The number of Topliss-reactive ketones (excluding diaryl/α,β-unsaturated/α-hetero) is 1. The van der Waals surface area contributed by atoms with E-state index in [9.17, 15) is 4.79 Å². The van der Waals surface area contributed by atoms with Crippen LogP contribution in [0.1, 0.15) is 24.8 Å². The summed E-state index contributed by atoms with van der Waals surface area (Å²) in [6, 6.07) is 9.61. The minimum Gasteiger partial charge on any atom is -0.300 e. The van der Waals surface area contributed by atoms with E-state index in [1.54, 1.807) is 0 Å². The highest BCUT2D eigenvalue weighted by Crippen LogP contribution is 2.21. The van der Waals surface area contributed by atoms with Gasteiger partial charge in [0.1, 0.15) is 5.78 Å². The molecule has 0 radical (unpaired) electrons. The SMILES string of the molecule is CC(=O)CC(C#N)c1ccc(Br)cc1. The molecule has 0 heterocycles. The van der Waals surface area contributed by atoms with Gasteiger partial charge >= 0.3 is 0 Å². The minimum atomic E-state index is -0.319. The molecular weight excluding hydrogens is 242 g/mol. The average Bonchev–Trinajstić information content (AvgIpc) is 2.15. The lowest BCUT2D eigenvalue weighted by molar-refractivity contribution is -0.117. The molecule has 14 heavy (non-hydrogen) atoms. The van der Waals surface area contributed by atoms with Crippen LogP contribution in [0.15, 0.2) is 28.7 Å². The maximum atomic E-state index is 10.9. The Morgan fingerprint density at radius 2 is 2.07 bits per heavy atom. The van der Waals surface area contributed by atoms with E-state index in [2.05, 4.69) is 22.0 Å². The van der Waals surface area contributed by atoms with Crippen LogP contribution in [-0.2, 0) is 4.79 Å². The number of ketones is 1. The molecule has 0 amide bonds. The van der Waals surface area contributed by atoms with Crippen molar-refractivity contribution in [2.45, 2.75) is 19.3 Å².